The van der Waals surface area contributed by atoms with Gasteiger partial charge >= 0.3 is 5.97 Å². The van der Waals surface area contributed by atoms with Crippen molar-refractivity contribution in [2.24, 2.45) is 0 Å². The molecular weight excluding hydrogens is 698 g/mol. The Kier molecular flexibility index (Phi) is 10.1. The normalized spacial score (nSPS) is 17.4. The van der Waals surface area contributed by atoms with Gasteiger partial charge in [0.05, 0.1) is 23.4 Å². The van der Waals surface area contributed by atoms with E-state index in [0.717, 1.165) is 66.7 Å². The minimum absolute atomic E-state index is 0.000424. The first-order chi connectivity index (χ1) is 25.0. The number of nitrogens with zero attached hydrogens (tertiary/aromatic N) is 5. The number of esters is 1. The Labute approximate surface area is 300 Å². The van der Waals surface area contributed by atoms with Gasteiger partial charge in [0, 0.05) is 80.8 Å². The van der Waals surface area contributed by atoms with E-state index < -0.39 is 46.1 Å². The number of carbonyl (C=O) groups excluding carboxylic acids is 2. The van der Waals surface area contributed by atoms with Crippen molar-refractivity contribution in [3.63, 3.8) is 0 Å². The van der Waals surface area contributed by atoms with E-state index in [9.17, 15) is 22.7 Å². The number of carbonyl (C=O) groups is 2. The monoisotopic (exact) mass is 731 g/mol. The Hall–Kier alpha value is -5.09. The zero-order valence-corrected chi connectivity index (χ0v) is 28.9. The minimum atomic E-state index is -3.06. The zero-order chi connectivity index (χ0) is 36.5. The zero-order valence-electron chi connectivity index (χ0n) is 28.1. The summed E-state index contributed by atoms with van der Waals surface area (Å²) in [6, 6.07) is 18.9. The summed E-state index contributed by atoms with van der Waals surface area (Å²) in [5.74, 6) is -3.37. The Bertz CT molecular complexity index is 2160. The molecule has 2 atom stereocenters. The second kappa shape index (κ2) is 14.9. The number of aromatic amines is 1. The second-order valence-electron chi connectivity index (χ2n) is 12.7. The number of benzene rings is 3. The largest absolute Gasteiger partial charge is 0.754 e. The molecule has 0 spiro atoms. The van der Waals surface area contributed by atoms with Gasteiger partial charge in [-0.25, -0.2) is 27.6 Å². The average molecular weight is 732 g/mol. The maximum absolute atomic E-state index is 15.9. The number of alkyl halides is 1. The molecule has 4 heterocycles. The highest BCUT2D eigenvalue weighted by atomic mass is 32.2. The predicted octanol–water partition coefficient (Wildman–Crippen LogP) is 5.55. The second-order valence-corrected chi connectivity index (χ2v) is 13.5. The molecule has 2 fully saturated rings. The van der Waals surface area contributed by atoms with Crippen LogP contribution in [0.4, 0.5) is 24.5 Å². The summed E-state index contributed by atoms with van der Waals surface area (Å²) < 4.78 is 74.8. The number of hydrogen-bond acceptors (Lipinski definition) is 9. The van der Waals surface area contributed by atoms with Gasteiger partial charge in [0.15, 0.2) is 5.82 Å². The molecule has 3 aromatic carbocycles. The lowest BCUT2D eigenvalue weighted by molar-refractivity contribution is -0.131. The van der Waals surface area contributed by atoms with E-state index in [-0.39, 0.29) is 31.0 Å². The summed E-state index contributed by atoms with van der Waals surface area (Å²) in [6.07, 6.45) is 1.68. The third-order valence-corrected chi connectivity index (χ3v) is 10.0. The number of hydrazine groups is 1. The molecular formula is C37H34F3N6O5S-. The number of ether oxygens (including phenoxy) is 1. The molecule has 0 saturated carbocycles. The van der Waals surface area contributed by atoms with Crippen LogP contribution in [0.25, 0.3) is 22.2 Å². The highest BCUT2D eigenvalue weighted by Gasteiger charge is 2.32. The van der Waals surface area contributed by atoms with Gasteiger partial charge in [-0.2, -0.15) is 0 Å². The predicted molar refractivity (Wildman–Crippen MR) is 189 cm³/mol. The van der Waals surface area contributed by atoms with E-state index in [1.807, 2.05) is 42.5 Å². The molecule has 52 heavy (non-hydrogen) atoms. The highest BCUT2D eigenvalue weighted by Crippen LogP contribution is 2.33. The Morgan fingerprint density at radius 3 is 2.48 bits per heavy atom. The Balaban J connectivity index is 1.07. The van der Waals surface area contributed by atoms with Crippen LogP contribution in [0.2, 0.25) is 0 Å². The first kappa shape index (κ1) is 35.3. The maximum atomic E-state index is 15.9. The molecule has 270 valence electrons. The molecule has 7 rings (SSSR count). The molecule has 11 nitrogen and oxygen atoms in total. The fraction of sp³-hybridized carbons (Fsp3) is 0.270. The summed E-state index contributed by atoms with van der Waals surface area (Å²) in [6.45, 7) is 5.15. The van der Waals surface area contributed by atoms with Crippen molar-refractivity contribution >= 4 is 45.4 Å². The van der Waals surface area contributed by atoms with Crippen LogP contribution in [0.1, 0.15) is 34.8 Å². The molecule has 0 bridgehead atoms. The van der Waals surface area contributed by atoms with Gasteiger partial charge in [0.25, 0.3) is 0 Å². The van der Waals surface area contributed by atoms with E-state index in [1.54, 1.807) is 18.3 Å². The summed E-state index contributed by atoms with van der Waals surface area (Å²) >= 11 is -3.06. The molecule has 1 unspecified atom stereocenters. The van der Waals surface area contributed by atoms with Crippen LogP contribution in [0, 0.1) is 11.6 Å². The van der Waals surface area contributed by atoms with Crippen molar-refractivity contribution in [2.45, 2.75) is 26.1 Å². The van der Waals surface area contributed by atoms with Crippen molar-refractivity contribution < 1.29 is 36.3 Å². The Morgan fingerprint density at radius 2 is 1.79 bits per heavy atom. The molecule has 2 aliphatic heterocycles. The van der Waals surface area contributed by atoms with Crippen molar-refractivity contribution in [3.8, 4) is 16.9 Å². The van der Waals surface area contributed by atoms with E-state index in [1.165, 1.54) is 13.1 Å². The van der Waals surface area contributed by atoms with Gasteiger partial charge < -0.3 is 19.2 Å². The molecule has 2 saturated heterocycles. The molecule has 0 aliphatic carbocycles. The van der Waals surface area contributed by atoms with Crippen LogP contribution < -0.4 is 14.1 Å². The lowest BCUT2D eigenvalue weighted by Crippen LogP contribution is -2.45. The van der Waals surface area contributed by atoms with Gasteiger partial charge in [0.1, 0.15) is 29.1 Å². The molecule has 15 heteroatoms. The number of pyridine rings is 1. The lowest BCUT2D eigenvalue weighted by Gasteiger charge is -2.36. The first-order valence-corrected chi connectivity index (χ1v) is 17.7. The highest BCUT2D eigenvalue weighted by molar-refractivity contribution is 7.80. The van der Waals surface area contributed by atoms with Crippen LogP contribution in [0.5, 0.6) is 5.75 Å². The maximum Gasteiger partial charge on any atom is 0.308 e. The number of ketones is 1. The van der Waals surface area contributed by atoms with Crippen molar-refractivity contribution in [3.05, 3.63) is 107 Å². The summed E-state index contributed by atoms with van der Waals surface area (Å²) in [5, 5.41) is 1.43. The van der Waals surface area contributed by atoms with E-state index in [2.05, 4.69) is 19.8 Å². The quantitative estimate of drug-likeness (QED) is 0.0853. The van der Waals surface area contributed by atoms with Crippen LogP contribution >= 0.6 is 0 Å². The standard InChI is InChI=1S/C37H35F3N6O5S/c1-23(47)51-29-4-2-3-24(17-29)21-43-13-15-44(16-14-43)28-7-5-25(6-8-28)26-18-30-31(20-42-37(30)41-19-26)36(48)34-32(39)9-10-33(35(34)40)46(52(49)50)45-12-11-27(38)22-45/h2-10,17-20,27H,11-16,21-22H2,1H3,(H,41,42)(H,49,50)/p-1/t27-/m1/s1. The smallest absolute Gasteiger partial charge is 0.308 e. The first-order valence-electron chi connectivity index (χ1n) is 16.7. The number of piperazine rings is 1. The number of anilines is 2. The third kappa shape index (κ3) is 7.30. The Morgan fingerprint density at radius 1 is 1.02 bits per heavy atom. The van der Waals surface area contributed by atoms with Crippen LogP contribution in [-0.4, -0.2) is 85.8 Å². The van der Waals surface area contributed by atoms with Crippen LogP contribution in [-0.2, 0) is 22.6 Å². The van der Waals surface area contributed by atoms with Gasteiger partial charge in [-0.1, -0.05) is 24.3 Å². The minimum Gasteiger partial charge on any atom is -0.754 e. The summed E-state index contributed by atoms with van der Waals surface area (Å²) in [7, 11) is 0. The van der Waals surface area contributed by atoms with Gasteiger partial charge in [-0.3, -0.25) is 18.7 Å². The van der Waals surface area contributed by atoms with Crippen molar-refractivity contribution in [1.82, 2.24) is 19.9 Å². The number of halogens is 3. The fourth-order valence-electron chi connectivity index (χ4n) is 6.73. The van der Waals surface area contributed by atoms with E-state index in [4.69, 9.17) is 4.74 Å². The molecule has 2 aromatic heterocycles. The number of H-pyrrole nitrogens is 1. The fourth-order valence-corrected chi connectivity index (χ4v) is 7.37. The van der Waals surface area contributed by atoms with Crippen molar-refractivity contribution in [2.75, 3.05) is 48.6 Å². The topological polar surface area (TPSA) is 125 Å². The lowest BCUT2D eigenvalue weighted by atomic mass is 9.99. The third-order valence-electron chi connectivity index (χ3n) is 9.29. The molecule has 0 amide bonds. The number of hydrogen-bond donors (Lipinski definition) is 1. The van der Waals surface area contributed by atoms with Gasteiger partial charge in [-0.05, 0) is 60.0 Å². The molecule has 5 aromatic rings. The average Bonchev–Trinajstić information content (AvgIpc) is 3.75. The number of nitrogens with one attached hydrogen (secondary N) is 1. The molecule has 1 N–H and O–H groups in total. The molecule has 0 radical (unpaired) electrons. The summed E-state index contributed by atoms with van der Waals surface area (Å²) in [5.41, 5.74) is 2.35. The number of rotatable bonds is 10. The number of aromatic nitrogens is 2. The summed E-state index contributed by atoms with van der Waals surface area (Å²) in [4.78, 5) is 37.0. The van der Waals surface area contributed by atoms with Crippen LogP contribution in [0.15, 0.2) is 79.1 Å². The van der Waals surface area contributed by atoms with E-state index in [0.29, 0.717) is 26.8 Å². The van der Waals surface area contributed by atoms with Crippen LogP contribution in [0.3, 0.4) is 0 Å². The van der Waals surface area contributed by atoms with Crippen molar-refractivity contribution in [1.29, 1.82) is 0 Å². The van der Waals surface area contributed by atoms with Gasteiger partial charge in [-0.15, -0.1) is 0 Å². The number of fused-ring (bicyclic) bond motifs is 1. The van der Waals surface area contributed by atoms with E-state index >= 15 is 8.78 Å². The molecule has 2 aliphatic rings. The SMILES string of the molecule is CC(=O)Oc1cccc(CN2CCN(c3ccc(-c4cnc5[nH]cc(C(=O)c6c(F)ccc(N(N7CC[C@@H](F)C7)S(=O)[O-])c6F)c5c4)cc3)CC2)c1. The van der Waals surface area contributed by atoms with Gasteiger partial charge in [0.2, 0.25) is 5.78 Å².